The number of carbonyl (C=O) groups excluding carboxylic acids is 1. The molecule has 0 atom stereocenters. The maximum Gasteiger partial charge on any atom is 0.311 e. The summed E-state index contributed by atoms with van der Waals surface area (Å²) in [5.41, 5.74) is 3.02. The Morgan fingerprint density at radius 1 is 1.37 bits per heavy atom. The molecule has 100 valence electrons. The standard InChI is InChI=1S/C14H16N2O2S/c1-3-10-4-6-11(7-5-10)15-14-16-12(9-19-14)8-13(17)18-2/h4-7,9H,3,8H2,1-2H3,(H,15,16). The lowest BCUT2D eigenvalue weighted by Gasteiger charge is -2.03. The Hall–Kier alpha value is -1.88. The molecule has 0 amide bonds. The van der Waals surface area contributed by atoms with Gasteiger partial charge < -0.3 is 10.1 Å². The second-order valence-corrected chi connectivity index (χ2v) is 4.93. The van der Waals surface area contributed by atoms with Gasteiger partial charge in [-0.3, -0.25) is 4.79 Å². The van der Waals surface area contributed by atoms with Crippen LogP contribution in [-0.4, -0.2) is 18.1 Å². The number of nitrogens with one attached hydrogen (secondary N) is 1. The van der Waals surface area contributed by atoms with Crippen LogP contribution in [0.1, 0.15) is 18.2 Å². The maximum absolute atomic E-state index is 11.1. The van der Waals surface area contributed by atoms with Crippen molar-refractivity contribution in [3.05, 3.63) is 40.9 Å². The average molecular weight is 276 g/mol. The first-order valence-electron chi connectivity index (χ1n) is 6.08. The minimum Gasteiger partial charge on any atom is -0.469 e. The van der Waals surface area contributed by atoms with Crippen molar-refractivity contribution >= 4 is 28.1 Å². The molecule has 0 spiro atoms. The van der Waals surface area contributed by atoms with Gasteiger partial charge >= 0.3 is 5.97 Å². The van der Waals surface area contributed by atoms with Gasteiger partial charge in [-0.25, -0.2) is 4.98 Å². The van der Waals surface area contributed by atoms with Crippen LogP contribution in [0, 0.1) is 0 Å². The third-order valence-corrected chi connectivity index (χ3v) is 3.52. The summed E-state index contributed by atoms with van der Waals surface area (Å²) in [6.07, 6.45) is 1.24. The number of rotatable bonds is 5. The van der Waals surface area contributed by atoms with Gasteiger partial charge in [-0.15, -0.1) is 11.3 Å². The van der Waals surface area contributed by atoms with E-state index in [0.29, 0.717) is 0 Å². The molecule has 0 unspecified atom stereocenters. The minimum absolute atomic E-state index is 0.212. The Morgan fingerprint density at radius 3 is 2.74 bits per heavy atom. The van der Waals surface area contributed by atoms with Crippen LogP contribution in [0.2, 0.25) is 0 Å². The highest BCUT2D eigenvalue weighted by atomic mass is 32.1. The summed E-state index contributed by atoms with van der Waals surface area (Å²) in [7, 11) is 1.38. The number of carbonyl (C=O) groups is 1. The van der Waals surface area contributed by atoms with Crippen LogP contribution in [0.15, 0.2) is 29.6 Å². The van der Waals surface area contributed by atoms with Crippen LogP contribution in [-0.2, 0) is 22.4 Å². The van der Waals surface area contributed by atoms with E-state index in [1.807, 2.05) is 17.5 Å². The topological polar surface area (TPSA) is 51.2 Å². The van der Waals surface area contributed by atoms with Crippen molar-refractivity contribution in [2.45, 2.75) is 19.8 Å². The van der Waals surface area contributed by atoms with Crippen LogP contribution in [0.4, 0.5) is 10.8 Å². The predicted molar refractivity (Wildman–Crippen MR) is 76.9 cm³/mol. The third kappa shape index (κ3) is 3.79. The fourth-order valence-corrected chi connectivity index (χ4v) is 2.34. The summed E-state index contributed by atoms with van der Waals surface area (Å²) in [5, 5.41) is 5.86. The summed E-state index contributed by atoms with van der Waals surface area (Å²) in [6, 6.07) is 8.23. The molecule has 1 aromatic heterocycles. The molecule has 0 saturated heterocycles. The van der Waals surface area contributed by atoms with Gasteiger partial charge in [0, 0.05) is 11.1 Å². The Bertz CT molecular complexity index is 549. The molecule has 0 aliphatic rings. The summed E-state index contributed by atoms with van der Waals surface area (Å²) >= 11 is 1.48. The van der Waals surface area contributed by atoms with E-state index in [1.54, 1.807) is 0 Å². The average Bonchev–Trinajstić information content (AvgIpc) is 2.86. The number of methoxy groups -OCH3 is 1. The molecule has 0 fully saturated rings. The van der Waals surface area contributed by atoms with Gasteiger partial charge in [0.2, 0.25) is 0 Å². The van der Waals surface area contributed by atoms with Crippen LogP contribution < -0.4 is 5.32 Å². The van der Waals surface area contributed by atoms with E-state index in [0.717, 1.165) is 22.9 Å². The molecule has 1 heterocycles. The van der Waals surface area contributed by atoms with Crippen LogP contribution in [0.5, 0.6) is 0 Å². The van der Waals surface area contributed by atoms with Gasteiger partial charge in [-0.1, -0.05) is 19.1 Å². The highest BCUT2D eigenvalue weighted by Crippen LogP contribution is 2.21. The number of esters is 1. The molecule has 0 radical (unpaired) electrons. The maximum atomic E-state index is 11.1. The Morgan fingerprint density at radius 2 is 2.11 bits per heavy atom. The van der Waals surface area contributed by atoms with E-state index < -0.39 is 0 Å². The van der Waals surface area contributed by atoms with Crippen molar-refractivity contribution in [1.82, 2.24) is 4.98 Å². The number of ether oxygens (including phenoxy) is 1. The predicted octanol–water partition coefficient (Wildman–Crippen LogP) is 3.16. The zero-order chi connectivity index (χ0) is 13.7. The number of aryl methyl sites for hydroxylation is 1. The number of nitrogens with zero attached hydrogens (tertiary/aromatic N) is 1. The lowest BCUT2D eigenvalue weighted by atomic mass is 10.1. The van der Waals surface area contributed by atoms with Crippen molar-refractivity contribution < 1.29 is 9.53 Å². The lowest BCUT2D eigenvalue weighted by Crippen LogP contribution is -2.04. The first-order valence-corrected chi connectivity index (χ1v) is 6.96. The number of benzene rings is 1. The molecule has 2 aromatic rings. The molecule has 4 nitrogen and oxygen atoms in total. The molecular formula is C14H16N2O2S. The first-order chi connectivity index (χ1) is 9.21. The lowest BCUT2D eigenvalue weighted by molar-refractivity contribution is -0.139. The van der Waals surface area contributed by atoms with Gasteiger partial charge in [0.25, 0.3) is 0 Å². The van der Waals surface area contributed by atoms with E-state index in [2.05, 4.69) is 34.1 Å². The summed E-state index contributed by atoms with van der Waals surface area (Å²) in [4.78, 5) is 15.5. The largest absolute Gasteiger partial charge is 0.469 e. The molecule has 2 rings (SSSR count). The molecule has 0 saturated carbocycles. The Balaban J connectivity index is 2.00. The SMILES string of the molecule is CCc1ccc(Nc2nc(CC(=O)OC)cs2)cc1. The van der Waals surface area contributed by atoms with Gasteiger partial charge in [0.15, 0.2) is 5.13 Å². The van der Waals surface area contributed by atoms with Crippen LogP contribution in [0.3, 0.4) is 0 Å². The van der Waals surface area contributed by atoms with Gasteiger partial charge in [0.1, 0.15) is 0 Å². The highest BCUT2D eigenvalue weighted by Gasteiger charge is 2.07. The van der Waals surface area contributed by atoms with E-state index in [1.165, 1.54) is 24.0 Å². The quantitative estimate of drug-likeness (QED) is 0.852. The van der Waals surface area contributed by atoms with Crippen molar-refractivity contribution in [3.8, 4) is 0 Å². The third-order valence-electron chi connectivity index (χ3n) is 2.72. The van der Waals surface area contributed by atoms with E-state index in [4.69, 9.17) is 0 Å². The molecule has 0 aliphatic heterocycles. The van der Waals surface area contributed by atoms with Crippen molar-refractivity contribution in [2.75, 3.05) is 12.4 Å². The van der Waals surface area contributed by atoms with Gasteiger partial charge in [0.05, 0.1) is 19.2 Å². The molecule has 1 aromatic carbocycles. The molecule has 5 heteroatoms. The normalized spacial score (nSPS) is 10.2. The van der Waals surface area contributed by atoms with Crippen molar-refractivity contribution in [3.63, 3.8) is 0 Å². The fraction of sp³-hybridized carbons (Fsp3) is 0.286. The zero-order valence-corrected chi connectivity index (χ0v) is 11.8. The van der Waals surface area contributed by atoms with Crippen LogP contribution >= 0.6 is 11.3 Å². The van der Waals surface area contributed by atoms with E-state index in [9.17, 15) is 4.79 Å². The number of aromatic nitrogens is 1. The Kier molecular flexibility index (Phi) is 4.52. The van der Waals surface area contributed by atoms with Gasteiger partial charge in [-0.2, -0.15) is 0 Å². The smallest absolute Gasteiger partial charge is 0.311 e. The molecule has 1 N–H and O–H groups in total. The molecule has 0 bridgehead atoms. The number of hydrogen-bond acceptors (Lipinski definition) is 5. The first kappa shape index (κ1) is 13.5. The number of anilines is 2. The highest BCUT2D eigenvalue weighted by molar-refractivity contribution is 7.13. The van der Waals surface area contributed by atoms with E-state index in [-0.39, 0.29) is 12.4 Å². The zero-order valence-electron chi connectivity index (χ0n) is 11.0. The summed E-state index contributed by atoms with van der Waals surface area (Å²) in [5.74, 6) is -0.274. The molecular weight excluding hydrogens is 260 g/mol. The second kappa shape index (κ2) is 6.33. The number of hydrogen-bond donors (Lipinski definition) is 1. The van der Waals surface area contributed by atoms with Crippen LogP contribution in [0.25, 0.3) is 0 Å². The molecule has 0 aliphatic carbocycles. The fourth-order valence-electron chi connectivity index (χ4n) is 1.61. The molecule has 19 heavy (non-hydrogen) atoms. The monoisotopic (exact) mass is 276 g/mol. The minimum atomic E-state index is -0.274. The number of thiazole rings is 1. The Labute approximate surface area is 116 Å². The van der Waals surface area contributed by atoms with E-state index >= 15 is 0 Å². The summed E-state index contributed by atoms with van der Waals surface area (Å²) < 4.78 is 4.61. The van der Waals surface area contributed by atoms with Crippen molar-refractivity contribution in [2.24, 2.45) is 0 Å². The second-order valence-electron chi connectivity index (χ2n) is 4.07. The van der Waals surface area contributed by atoms with Gasteiger partial charge in [-0.05, 0) is 24.1 Å². The summed E-state index contributed by atoms with van der Waals surface area (Å²) in [6.45, 7) is 2.13. The van der Waals surface area contributed by atoms with Crippen molar-refractivity contribution in [1.29, 1.82) is 0 Å².